The van der Waals surface area contributed by atoms with Gasteiger partial charge in [-0.3, -0.25) is 9.78 Å². The number of pyridine rings is 1. The summed E-state index contributed by atoms with van der Waals surface area (Å²) in [4.78, 5) is 29.3. The van der Waals surface area contributed by atoms with E-state index in [-0.39, 0.29) is 5.91 Å². The van der Waals surface area contributed by atoms with Crippen LogP contribution < -0.4 is 21.3 Å². The van der Waals surface area contributed by atoms with Gasteiger partial charge in [-0.1, -0.05) is 0 Å². The lowest BCUT2D eigenvalue weighted by molar-refractivity contribution is -0.117. The lowest BCUT2D eigenvalue weighted by Gasteiger charge is -2.29. The molecule has 0 radical (unpaired) electrons. The number of ether oxygens (including phenoxy) is 1. The number of nitrogens with zero attached hydrogens (tertiary/aromatic N) is 5. The molecule has 0 bridgehead atoms. The summed E-state index contributed by atoms with van der Waals surface area (Å²) in [6.07, 6.45) is 4.66. The van der Waals surface area contributed by atoms with Gasteiger partial charge in [-0.25, -0.2) is 18.7 Å². The van der Waals surface area contributed by atoms with E-state index in [1.165, 1.54) is 6.20 Å². The summed E-state index contributed by atoms with van der Waals surface area (Å²) in [7, 11) is 1.80. The first-order valence-corrected chi connectivity index (χ1v) is 11.0. The maximum absolute atomic E-state index is 13.4. The molecule has 0 aromatic carbocycles. The molecule has 0 spiro atoms. The highest BCUT2D eigenvalue weighted by molar-refractivity contribution is 5.94. The van der Waals surface area contributed by atoms with Crippen LogP contribution >= 0.6 is 0 Å². The van der Waals surface area contributed by atoms with E-state index in [0.29, 0.717) is 60.8 Å². The van der Waals surface area contributed by atoms with Crippen LogP contribution in [-0.4, -0.2) is 71.2 Å². The van der Waals surface area contributed by atoms with Crippen LogP contribution in [0.2, 0.25) is 0 Å². The first-order chi connectivity index (χ1) is 16.2. The van der Waals surface area contributed by atoms with Gasteiger partial charge in [0.05, 0.1) is 42.2 Å². The van der Waals surface area contributed by atoms with Crippen molar-refractivity contribution in [3.63, 3.8) is 0 Å². The highest BCUT2D eigenvalue weighted by atomic mass is 19.3. The van der Waals surface area contributed by atoms with Crippen molar-refractivity contribution < 1.29 is 18.3 Å². The number of aromatic nitrogens is 3. The van der Waals surface area contributed by atoms with E-state index in [1.807, 2.05) is 11.0 Å². The average Bonchev–Trinajstić information content (AvgIpc) is 3.15. The van der Waals surface area contributed by atoms with E-state index >= 15 is 0 Å². The Morgan fingerprint density at radius 1 is 1.26 bits per heavy atom. The molecule has 2 aromatic rings. The number of rotatable bonds is 6. The number of alkyl halides is 2. The van der Waals surface area contributed by atoms with Gasteiger partial charge in [0.2, 0.25) is 5.91 Å². The highest BCUT2D eigenvalue weighted by Crippen LogP contribution is 2.59. The van der Waals surface area contributed by atoms with Gasteiger partial charge in [0.25, 0.3) is 5.92 Å². The Labute approximate surface area is 195 Å². The third-order valence-corrected chi connectivity index (χ3v) is 6.49. The third kappa shape index (κ3) is 4.09. The molecular formula is C22H26F2N8O2. The molecule has 4 N–H and O–H groups in total. The minimum absolute atomic E-state index is 0.293. The Balaban J connectivity index is 1.21. The molecule has 4 heterocycles. The first-order valence-electron chi connectivity index (χ1n) is 11.0. The summed E-state index contributed by atoms with van der Waals surface area (Å²) in [6.45, 7) is 3.05. The Morgan fingerprint density at radius 2 is 2.03 bits per heavy atom. The van der Waals surface area contributed by atoms with Crippen LogP contribution in [0.25, 0.3) is 11.3 Å². The Bertz CT molecular complexity index is 1110. The third-order valence-electron chi connectivity index (χ3n) is 6.49. The summed E-state index contributed by atoms with van der Waals surface area (Å²) in [5.41, 5.74) is 7.92. The quantitative estimate of drug-likeness (QED) is 0.569. The first kappa shape index (κ1) is 22.3. The minimum atomic E-state index is -2.52. The number of nitrogens with two attached hydrogens (primary N) is 1. The van der Waals surface area contributed by atoms with E-state index in [2.05, 4.69) is 25.6 Å². The molecule has 10 nitrogen and oxygen atoms in total. The number of halogens is 2. The van der Waals surface area contributed by atoms with Crippen LogP contribution in [0, 0.1) is 11.8 Å². The normalized spacial score (nSPS) is 24.0. The molecule has 34 heavy (non-hydrogen) atoms. The number of fused-ring (bicyclic) bond motifs is 1. The van der Waals surface area contributed by atoms with Gasteiger partial charge >= 0.3 is 0 Å². The monoisotopic (exact) mass is 472 g/mol. The summed E-state index contributed by atoms with van der Waals surface area (Å²) in [5.74, 6) is -2.46. The molecule has 1 amide bonds. The second-order valence-electron chi connectivity index (χ2n) is 8.88. The minimum Gasteiger partial charge on any atom is -0.384 e. The number of carbonyl (C=O) groups excluding carboxylic acids is 1. The van der Waals surface area contributed by atoms with Crippen molar-refractivity contribution in [3.05, 3.63) is 42.2 Å². The van der Waals surface area contributed by atoms with Crippen molar-refractivity contribution >= 4 is 17.5 Å². The number of carbonyl (C=O) groups is 1. The Hall–Kier alpha value is -3.54. The van der Waals surface area contributed by atoms with Crippen molar-refractivity contribution in [3.8, 4) is 11.3 Å². The molecule has 1 saturated heterocycles. The van der Waals surface area contributed by atoms with E-state index in [9.17, 15) is 13.6 Å². The van der Waals surface area contributed by atoms with E-state index in [4.69, 9.17) is 10.5 Å². The predicted octanol–water partition coefficient (Wildman–Crippen LogP) is 1.20. The molecule has 3 atom stereocenters. The second-order valence-corrected chi connectivity index (χ2v) is 8.88. The number of anilines is 2. The molecule has 1 saturated carbocycles. The van der Waals surface area contributed by atoms with Crippen LogP contribution in [0.15, 0.2) is 42.2 Å². The smallest absolute Gasteiger partial charge is 0.258 e. The largest absolute Gasteiger partial charge is 0.384 e. The summed E-state index contributed by atoms with van der Waals surface area (Å²) in [6, 6.07) is 3.02. The topological polar surface area (TPSA) is 122 Å². The molecule has 2 aromatic heterocycles. The van der Waals surface area contributed by atoms with Gasteiger partial charge in [0, 0.05) is 31.9 Å². The molecule has 5 rings (SSSR count). The molecule has 2 fully saturated rings. The maximum Gasteiger partial charge on any atom is 0.258 e. The average molecular weight is 473 g/mol. The van der Waals surface area contributed by atoms with Gasteiger partial charge in [-0.2, -0.15) is 0 Å². The zero-order valence-electron chi connectivity index (χ0n) is 18.8. The van der Waals surface area contributed by atoms with Gasteiger partial charge < -0.3 is 30.9 Å². The van der Waals surface area contributed by atoms with Gasteiger partial charge in [-0.15, -0.1) is 0 Å². The fraction of sp³-hybridized carbons (Fsp3) is 0.455. The summed E-state index contributed by atoms with van der Waals surface area (Å²) < 4.78 is 32.3. The van der Waals surface area contributed by atoms with Gasteiger partial charge in [0.15, 0.2) is 5.82 Å². The number of nitrogens with one attached hydrogen (secondary N) is 2. The number of hydrogen-bond donors (Lipinski definition) is 3. The second kappa shape index (κ2) is 8.35. The van der Waals surface area contributed by atoms with Crippen molar-refractivity contribution in [2.24, 2.45) is 17.6 Å². The van der Waals surface area contributed by atoms with Gasteiger partial charge in [0.1, 0.15) is 24.4 Å². The fourth-order valence-corrected chi connectivity index (χ4v) is 4.32. The SMILES string of the molecule is C[C@H](NC1=C(N)N(C)COC1)C(=O)Nc1cncc(-c2ccc(N3CC4C(C3)C4(F)F)nc2)n1. The molecule has 3 aliphatic rings. The molecule has 12 heteroatoms. The zero-order chi connectivity index (χ0) is 24.0. The van der Waals surface area contributed by atoms with Crippen molar-refractivity contribution in [2.45, 2.75) is 18.9 Å². The van der Waals surface area contributed by atoms with E-state index < -0.39 is 23.8 Å². The van der Waals surface area contributed by atoms with Crippen LogP contribution in [0.3, 0.4) is 0 Å². The molecule has 180 valence electrons. The van der Waals surface area contributed by atoms with Crippen molar-refractivity contribution in [1.82, 2.24) is 25.2 Å². The van der Waals surface area contributed by atoms with Crippen LogP contribution in [0.4, 0.5) is 20.4 Å². The van der Waals surface area contributed by atoms with Crippen molar-refractivity contribution in [2.75, 3.05) is 43.7 Å². The maximum atomic E-state index is 13.4. The zero-order valence-corrected chi connectivity index (χ0v) is 18.8. The fourth-order valence-electron chi connectivity index (χ4n) is 4.32. The lowest BCUT2D eigenvalue weighted by atomic mass is 10.2. The summed E-state index contributed by atoms with van der Waals surface area (Å²) in [5, 5.41) is 5.82. The molecule has 2 aliphatic heterocycles. The molecule has 1 aliphatic carbocycles. The highest BCUT2D eigenvalue weighted by Gasteiger charge is 2.71. The standard InChI is InChI=1S/C22H26F2N8O2/c1-12(28-17-10-34-11-31(2)20(17)25)21(33)30-18-7-26-6-16(29-18)13-3-4-19(27-5-13)32-8-14-15(9-32)22(14,23)24/h3-7,12,14-15,28H,8-11,25H2,1-2H3,(H,29,30,33)/t12-,14?,15?/m0/s1. The van der Waals surface area contributed by atoms with Crippen LogP contribution in [-0.2, 0) is 9.53 Å². The van der Waals surface area contributed by atoms with Crippen LogP contribution in [0.1, 0.15) is 6.92 Å². The van der Waals surface area contributed by atoms with E-state index in [1.54, 1.807) is 37.3 Å². The lowest BCUT2D eigenvalue weighted by Crippen LogP contribution is -2.44. The van der Waals surface area contributed by atoms with Crippen LogP contribution in [0.5, 0.6) is 0 Å². The number of amides is 1. The van der Waals surface area contributed by atoms with Gasteiger partial charge in [-0.05, 0) is 19.1 Å². The number of piperidine rings is 1. The molecular weight excluding hydrogens is 446 g/mol. The molecule has 2 unspecified atom stereocenters. The van der Waals surface area contributed by atoms with E-state index in [0.717, 1.165) is 0 Å². The summed E-state index contributed by atoms with van der Waals surface area (Å²) >= 11 is 0. The number of hydrogen-bond acceptors (Lipinski definition) is 9. The predicted molar refractivity (Wildman–Crippen MR) is 120 cm³/mol. The van der Waals surface area contributed by atoms with Crippen molar-refractivity contribution in [1.29, 1.82) is 0 Å². The Morgan fingerprint density at radius 3 is 2.74 bits per heavy atom. The Kier molecular flexibility index (Phi) is 5.47.